The highest BCUT2D eigenvalue weighted by atomic mass is 35.5. The Kier molecular flexibility index (Phi) is 8.47. The monoisotopic (exact) mass is 522 g/mol. The van der Waals surface area contributed by atoms with Crippen molar-refractivity contribution in [2.45, 2.75) is 31.7 Å². The lowest BCUT2D eigenvalue weighted by Crippen LogP contribution is -2.44. The molecule has 0 bridgehead atoms. The van der Waals surface area contributed by atoms with Crippen LogP contribution in [0.2, 0.25) is 5.02 Å². The number of fused-ring (bicyclic) bond motifs is 1. The molecule has 8 nitrogen and oxygen atoms in total. The zero-order valence-electron chi connectivity index (χ0n) is 21.2. The molecule has 0 N–H and O–H groups in total. The fourth-order valence-electron chi connectivity index (χ4n) is 5.01. The van der Waals surface area contributed by atoms with Gasteiger partial charge in [0.25, 0.3) is 5.91 Å². The summed E-state index contributed by atoms with van der Waals surface area (Å²) in [5, 5.41) is 9.39. The predicted molar refractivity (Wildman–Crippen MR) is 139 cm³/mol. The van der Waals surface area contributed by atoms with Gasteiger partial charge >= 0.3 is 0 Å². The molecule has 1 fully saturated rings. The Hall–Kier alpha value is -3.41. The van der Waals surface area contributed by atoms with Crippen LogP contribution >= 0.6 is 11.6 Å². The van der Waals surface area contributed by atoms with E-state index in [-0.39, 0.29) is 36.8 Å². The van der Waals surface area contributed by atoms with E-state index in [9.17, 15) is 14.4 Å². The minimum atomic E-state index is -0.165. The molecule has 4 rings (SSSR count). The van der Waals surface area contributed by atoms with E-state index >= 15 is 0 Å². The van der Waals surface area contributed by atoms with Gasteiger partial charge in [0.15, 0.2) is 0 Å². The van der Waals surface area contributed by atoms with Gasteiger partial charge in [-0.1, -0.05) is 29.8 Å². The maximum absolute atomic E-state index is 13.3. The molecule has 194 valence electrons. The molecule has 37 heavy (non-hydrogen) atoms. The molecular weight excluding hydrogens is 492 g/mol. The first-order valence-corrected chi connectivity index (χ1v) is 12.8. The number of rotatable bonds is 7. The van der Waals surface area contributed by atoms with Gasteiger partial charge < -0.3 is 19.4 Å². The minimum absolute atomic E-state index is 0.00299. The maximum Gasteiger partial charge on any atom is 0.254 e. The zero-order valence-corrected chi connectivity index (χ0v) is 22.0. The van der Waals surface area contributed by atoms with Crippen molar-refractivity contribution in [3.05, 3.63) is 69.2 Å². The molecule has 9 heteroatoms. The smallest absolute Gasteiger partial charge is 0.254 e. The number of likely N-dealkylation sites (tertiary alicyclic amines) is 1. The standard InChI is InChI=1S/C28H31ClN4O4/c1-31(16-19-3-4-23(15-30)25(29)13-19)26(34)17-33-12-9-21-5-6-22(14-24(21)28(33)36)20-7-10-32(11-8-20)27(35)18-37-2/h3-6,13-14,20H,7-12,16-18H2,1-2H3. The number of halogens is 1. The van der Waals surface area contributed by atoms with Gasteiger partial charge in [0.1, 0.15) is 19.2 Å². The van der Waals surface area contributed by atoms with Gasteiger partial charge in [-0.2, -0.15) is 5.26 Å². The normalized spacial score (nSPS) is 15.8. The summed E-state index contributed by atoms with van der Waals surface area (Å²) in [6.07, 6.45) is 2.39. The van der Waals surface area contributed by atoms with Crippen molar-refractivity contribution in [1.82, 2.24) is 14.7 Å². The van der Waals surface area contributed by atoms with Gasteiger partial charge in [0.05, 0.1) is 10.6 Å². The van der Waals surface area contributed by atoms with Crippen LogP contribution in [0.15, 0.2) is 36.4 Å². The molecule has 2 aromatic carbocycles. The Morgan fingerprint density at radius 1 is 1.16 bits per heavy atom. The number of hydrogen-bond acceptors (Lipinski definition) is 5. The van der Waals surface area contributed by atoms with Gasteiger partial charge in [-0.25, -0.2) is 0 Å². The van der Waals surface area contributed by atoms with E-state index in [0.29, 0.717) is 48.7 Å². The van der Waals surface area contributed by atoms with Crippen molar-refractivity contribution in [1.29, 1.82) is 5.26 Å². The van der Waals surface area contributed by atoms with Crippen LogP contribution in [0.5, 0.6) is 0 Å². The van der Waals surface area contributed by atoms with Gasteiger partial charge in [0.2, 0.25) is 11.8 Å². The fourth-order valence-corrected chi connectivity index (χ4v) is 5.26. The topological polar surface area (TPSA) is 93.9 Å². The molecule has 2 aromatic rings. The number of likely N-dealkylation sites (N-methyl/N-ethyl adjacent to an activating group) is 1. The lowest BCUT2D eigenvalue weighted by atomic mass is 9.86. The van der Waals surface area contributed by atoms with Crippen LogP contribution in [0.25, 0.3) is 0 Å². The number of hydrogen-bond donors (Lipinski definition) is 0. The third kappa shape index (κ3) is 6.12. The van der Waals surface area contributed by atoms with Crippen LogP contribution in [-0.4, -0.2) is 79.4 Å². The SMILES string of the molecule is COCC(=O)N1CCC(c2ccc3c(c2)C(=O)N(CC(=O)N(C)Cc2ccc(C#N)c(Cl)c2)CC3)CC1. The molecular formula is C28H31ClN4O4. The highest BCUT2D eigenvalue weighted by molar-refractivity contribution is 6.31. The van der Waals surface area contributed by atoms with E-state index in [4.69, 9.17) is 21.6 Å². The van der Waals surface area contributed by atoms with E-state index in [2.05, 4.69) is 6.07 Å². The summed E-state index contributed by atoms with van der Waals surface area (Å²) in [6, 6.07) is 13.2. The van der Waals surface area contributed by atoms with Crippen molar-refractivity contribution >= 4 is 29.3 Å². The molecule has 2 aliphatic rings. The van der Waals surface area contributed by atoms with Crippen molar-refractivity contribution in [2.24, 2.45) is 0 Å². The second-order valence-electron chi connectivity index (χ2n) is 9.66. The molecule has 2 aliphatic heterocycles. The summed E-state index contributed by atoms with van der Waals surface area (Å²) in [5.74, 6) is 0.00159. The van der Waals surface area contributed by atoms with Crippen molar-refractivity contribution in [2.75, 3.05) is 46.9 Å². The third-order valence-corrected chi connectivity index (χ3v) is 7.53. The summed E-state index contributed by atoms with van der Waals surface area (Å²) in [6.45, 7) is 2.28. The van der Waals surface area contributed by atoms with Gasteiger partial charge in [0, 0.05) is 45.9 Å². The van der Waals surface area contributed by atoms with Crippen LogP contribution in [-0.2, 0) is 27.3 Å². The molecule has 3 amide bonds. The first kappa shape index (κ1) is 26.6. The van der Waals surface area contributed by atoms with Crippen LogP contribution in [0, 0.1) is 11.3 Å². The predicted octanol–water partition coefficient (Wildman–Crippen LogP) is 3.22. The van der Waals surface area contributed by atoms with E-state index < -0.39 is 0 Å². The van der Waals surface area contributed by atoms with Gasteiger partial charge in [-0.15, -0.1) is 0 Å². The van der Waals surface area contributed by atoms with Crippen molar-refractivity contribution in [3.63, 3.8) is 0 Å². The van der Waals surface area contributed by atoms with E-state index in [1.165, 1.54) is 7.11 Å². The number of nitrogens with zero attached hydrogens (tertiary/aromatic N) is 4. The second kappa shape index (κ2) is 11.8. The Bertz CT molecular complexity index is 1230. The summed E-state index contributed by atoms with van der Waals surface area (Å²) in [7, 11) is 3.22. The number of nitriles is 1. The summed E-state index contributed by atoms with van der Waals surface area (Å²) >= 11 is 6.12. The van der Waals surface area contributed by atoms with Crippen LogP contribution in [0.3, 0.4) is 0 Å². The number of benzene rings is 2. The Morgan fingerprint density at radius 2 is 1.92 bits per heavy atom. The first-order valence-electron chi connectivity index (χ1n) is 12.4. The molecule has 0 spiro atoms. The van der Waals surface area contributed by atoms with E-state index in [1.807, 2.05) is 23.1 Å². The average molecular weight is 523 g/mol. The number of ether oxygens (including phenoxy) is 1. The number of methoxy groups -OCH3 is 1. The Labute approximate surface area is 222 Å². The fraction of sp³-hybridized carbons (Fsp3) is 0.429. The quantitative estimate of drug-likeness (QED) is 0.556. The molecule has 0 radical (unpaired) electrons. The van der Waals surface area contributed by atoms with Gasteiger partial charge in [-0.05, 0) is 60.1 Å². The summed E-state index contributed by atoms with van der Waals surface area (Å²) in [5.41, 5.74) is 3.98. The molecule has 0 aliphatic carbocycles. The van der Waals surface area contributed by atoms with Crippen molar-refractivity contribution < 1.29 is 19.1 Å². The van der Waals surface area contributed by atoms with Crippen LogP contribution in [0.4, 0.5) is 0 Å². The molecule has 2 heterocycles. The van der Waals surface area contributed by atoms with Crippen LogP contribution in [0.1, 0.15) is 51.4 Å². The molecule has 0 aromatic heterocycles. The molecule has 0 unspecified atom stereocenters. The lowest BCUT2D eigenvalue weighted by Gasteiger charge is -2.33. The average Bonchev–Trinajstić information content (AvgIpc) is 2.90. The second-order valence-corrected chi connectivity index (χ2v) is 10.1. The Balaban J connectivity index is 1.38. The minimum Gasteiger partial charge on any atom is -0.375 e. The van der Waals surface area contributed by atoms with Crippen LogP contribution < -0.4 is 0 Å². The number of piperidine rings is 1. The number of carbonyl (C=O) groups excluding carboxylic acids is 3. The van der Waals surface area contributed by atoms with E-state index in [1.54, 1.807) is 35.0 Å². The number of amides is 3. The maximum atomic E-state index is 13.3. The lowest BCUT2D eigenvalue weighted by molar-refractivity contribution is -0.136. The first-order chi connectivity index (χ1) is 17.8. The largest absolute Gasteiger partial charge is 0.375 e. The van der Waals surface area contributed by atoms with E-state index in [0.717, 1.165) is 29.5 Å². The highest BCUT2D eigenvalue weighted by Gasteiger charge is 2.29. The molecule has 0 saturated carbocycles. The number of carbonyl (C=O) groups is 3. The van der Waals surface area contributed by atoms with Gasteiger partial charge in [-0.3, -0.25) is 14.4 Å². The highest BCUT2D eigenvalue weighted by Crippen LogP contribution is 2.31. The van der Waals surface area contributed by atoms with Crippen molar-refractivity contribution in [3.8, 4) is 6.07 Å². The molecule has 1 saturated heterocycles. The zero-order chi connectivity index (χ0) is 26.5. The summed E-state index contributed by atoms with van der Waals surface area (Å²) < 4.78 is 4.96. The summed E-state index contributed by atoms with van der Waals surface area (Å²) in [4.78, 5) is 43.4. The Morgan fingerprint density at radius 3 is 2.59 bits per heavy atom. The third-order valence-electron chi connectivity index (χ3n) is 7.22. The molecule has 0 atom stereocenters.